The topological polar surface area (TPSA) is 45.7 Å². The van der Waals surface area contributed by atoms with Gasteiger partial charge in [-0.1, -0.05) is 0 Å². The minimum Gasteiger partial charge on any atom is -0.364 e. The molecule has 132 valence electrons. The number of carbonyl (C=O) groups is 1. The second-order valence-corrected chi connectivity index (χ2v) is 6.88. The molecule has 1 spiro atoms. The van der Waals surface area contributed by atoms with Crippen LogP contribution in [0.4, 0.5) is 0 Å². The molecule has 24 heavy (non-hydrogen) atoms. The molecule has 2 aliphatic rings. The van der Waals surface area contributed by atoms with Gasteiger partial charge in [-0.25, -0.2) is 0 Å². The van der Waals surface area contributed by atoms with E-state index in [1.807, 2.05) is 17.3 Å². The van der Waals surface area contributed by atoms with Crippen LogP contribution >= 0.6 is 0 Å². The van der Waals surface area contributed by atoms with Crippen molar-refractivity contribution in [2.24, 2.45) is 0 Å². The molecule has 0 unspecified atom stereocenters. The molecule has 0 radical (unpaired) electrons. The Kier molecular flexibility index (Phi) is 5.85. The number of pyridine rings is 1. The van der Waals surface area contributed by atoms with Gasteiger partial charge in [-0.05, 0) is 63.3 Å². The summed E-state index contributed by atoms with van der Waals surface area (Å²) in [6.07, 6.45) is 8.72. The summed E-state index contributed by atoms with van der Waals surface area (Å²) in [7, 11) is 0. The zero-order valence-corrected chi connectivity index (χ0v) is 14.7. The maximum atomic E-state index is 12.7. The molecule has 1 aromatic rings. The van der Waals surface area contributed by atoms with Gasteiger partial charge in [0.1, 0.15) is 5.60 Å². The first kappa shape index (κ1) is 17.4. The lowest BCUT2D eigenvalue weighted by Crippen LogP contribution is -2.43. The van der Waals surface area contributed by atoms with E-state index in [1.54, 1.807) is 0 Å². The standard InChI is InChI=1S/C19H29N3O2/c1-2-22-13-4-3-12-21(14-7-17-5-10-20-11-6-17)15-16-24-19(8-9-19)18(22)23/h5-6,10-11H,2-4,7-9,12-16H2,1H3. The van der Waals surface area contributed by atoms with Gasteiger partial charge in [0.15, 0.2) is 0 Å². The molecule has 1 aromatic heterocycles. The minimum atomic E-state index is -0.489. The van der Waals surface area contributed by atoms with Crippen LogP contribution in [0.15, 0.2) is 24.5 Å². The number of hydrogen-bond donors (Lipinski definition) is 0. The van der Waals surface area contributed by atoms with Crippen molar-refractivity contribution in [2.45, 2.75) is 44.6 Å². The monoisotopic (exact) mass is 331 g/mol. The van der Waals surface area contributed by atoms with Gasteiger partial charge in [0.2, 0.25) is 0 Å². The lowest BCUT2D eigenvalue weighted by atomic mass is 10.2. The summed E-state index contributed by atoms with van der Waals surface area (Å²) in [5.41, 5.74) is 0.836. The number of likely N-dealkylation sites (N-methyl/N-ethyl adjacent to an activating group) is 1. The molecule has 2 heterocycles. The summed E-state index contributed by atoms with van der Waals surface area (Å²) in [5.74, 6) is 0.218. The van der Waals surface area contributed by atoms with Gasteiger partial charge in [0.25, 0.3) is 5.91 Å². The first-order valence-corrected chi connectivity index (χ1v) is 9.28. The zero-order valence-electron chi connectivity index (χ0n) is 14.7. The lowest BCUT2D eigenvalue weighted by Gasteiger charge is -2.26. The molecule has 3 rings (SSSR count). The normalized spacial score (nSPS) is 22.4. The fourth-order valence-electron chi connectivity index (χ4n) is 3.41. The average Bonchev–Trinajstić information content (AvgIpc) is 3.40. The highest BCUT2D eigenvalue weighted by Crippen LogP contribution is 2.41. The van der Waals surface area contributed by atoms with Crippen molar-refractivity contribution >= 4 is 5.91 Å². The predicted octanol–water partition coefficient (Wildman–Crippen LogP) is 2.12. The molecule has 5 nitrogen and oxygen atoms in total. The summed E-state index contributed by atoms with van der Waals surface area (Å²) in [4.78, 5) is 21.2. The molecule has 1 amide bonds. The van der Waals surface area contributed by atoms with Gasteiger partial charge < -0.3 is 14.5 Å². The molecule has 1 aliphatic carbocycles. The lowest BCUT2D eigenvalue weighted by molar-refractivity contribution is -0.146. The second kappa shape index (κ2) is 8.08. The van der Waals surface area contributed by atoms with Gasteiger partial charge >= 0.3 is 0 Å². The van der Waals surface area contributed by atoms with Crippen molar-refractivity contribution in [3.63, 3.8) is 0 Å². The Morgan fingerprint density at radius 2 is 1.92 bits per heavy atom. The Morgan fingerprint density at radius 1 is 1.17 bits per heavy atom. The molecule has 0 bridgehead atoms. The first-order valence-electron chi connectivity index (χ1n) is 9.28. The third-order valence-electron chi connectivity index (χ3n) is 5.17. The summed E-state index contributed by atoms with van der Waals surface area (Å²) >= 11 is 0. The summed E-state index contributed by atoms with van der Waals surface area (Å²) < 4.78 is 6.06. The highest BCUT2D eigenvalue weighted by molar-refractivity contribution is 5.88. The zero-order chi connectivity index (χ0) is 16.8. The fraction of sp³-hybridized carbons (Fsp3) is 0.684. The number of rotatable bonds is 4. The smallest absolute Gasteiger partial charge is 0.254 e. The van der Waals surface area contributed by atoms with E-state index >= 15 is 0 Å². The number of aromatic nitrogens is 1. The van der Waals surface area contributed by atoms with Gasteiger partial charge in [-0.15, -0.1) is 0 Å². The van der Waals surface area contributed by atoms with Crippen molar-refractivity contribution in [3.05, 3.63) is 30.1 Å². The highest BCUT2D eigenvalue weighted by Gasteiger charge is 2.53. The molecule has 0 N–H and O–H groups in total. The minimum absolute atomic E-state index is 0.218. The van der Waals surface area contributed by atoms with E-state index in [0.29, 0.717) is 6.61 Å². The van der Waals surface area contributed by atoms with Crippen molar-refractivity contribution in [3.8, 4) is 0 Å². The van der Waals surface area contributed by atoms with Crippen LogP contribution in [-0.2, 0) is 16.0 Å². The first-order chi connectivity index (χ1) is 11.7. The molecular formula is C19H29N3O2. The van der Waals surface area contributed by atoms with Gasteiger partial charge in [0.05, 0.1) is 6.61 Å². The van der Waals surface area contributed by atoms with Gasteiger partial charge in [-0.2, -0.15) is 0 Å². The third kappa shape index (κ3) is 4.33. The number of carbonyl (C=O) groups excluding carboxylic acids is 1. The van der Waals surface area contributed by atoms with E-state index in [2.05, 4.69) is 28.9 Å². The SMILES string of the molecule is CCN1CCCCN(CCc2ccncc2)CCOC2(CC2)C1=O. The van der Waals surface area contributed by atoms with E-state index in [-0.39, 0.29) is 5.91 Å². The highest BCUT2D eigenvalue weighted by atomic mass is 16.5. The molecule has 5 heteroatoms. The molecule has 0 aromatic carbocycles. The predicted molar refractivity (Wildman–Crippen MR) is 93.8 cm³/mol. The molecule has 0 atom stereocenters. The van der Waals surface area contributed by atoms with E-state index < -0.39 is 5.60 Å². The Labute approximate surface area is 145 Å². The van der Waals surface area contributed by atoms with Crippen molar-refractivity contribution in [1.82, 2.24) is 14.8 Å². The fourth-order valence-corrected chi connectivity index (χ4v) is 3.41. The number of nitrogens with zero attached hydrogens (tertiary/aromatic N) is 3. The third-order valence-corrected chi connectivity index (χ3v) is 5.17. The Hall–Kier alpha value is -1.46. The molecule has 1 aliphatic heterocycles. The van der Waals surface area contributed by atoms with Crippen LogP contribution in [0.3, 0.4) is 0 Å². The molecule has 2 fully saturated rings. The van der Waals surface area contributed by atoms with Crippen LogP contribution in [0, 0.1) is 0 Å². The van der Waals surface area contributed by atoms with E-state index in [4.69, 9.17) is 4.74 Å². The second-order valence-electron chi connectivity index (χ2n) is 6.88. The largest absolute Gasteiger partial charge is 0.364 e. The van der Waals surface area contributed by atoms with Crippen LogP contribution < -0.4 is 0 Å². The summed E-state index contributed by atoms with van der Waals surface area (Å²) in [5, 5.41) is 0. The maximum Gasteiger partial charge on any atom is 0.254 e. The summed E-state index contributed by atoms with van der Waals surface area (Å²) in [6, 6.07) is 4.17. The molecular weight excluding hydrogens is 302 g/mol. The summed E-state index contributed by atoms with van der Waals surface area (Å²) in [6.45, 7) is 7.38. The Balaban J connectivity index is 1.56. The van der Waals surface area contributed by atoms with Crippen LogP contribution in [0.5, 0.6) is 0 Å². The Morgan fingerprint density at radius 3 is 2.62 bits per heavy atom. The van der Waals surface area contributed by atoms with E-state index in [0.717, 1.165) is 64.8 Å². The van der Waals surface area contributed by atoms with Crippen LogP contribution in [0.2, 0.25) is 0 Å². The van der Waals surface area contributed by atoms with Crippen molar-refractivity contribution in [2.75, 3.05) is 39.3 Å². The van der Waals surface area contributed by atoms with E-state index in [1.165, 1.54) is 5.56 Å². The molecule has 1 saturated heterocycles. The number of ether oxygens (including phenoxy) is 1. The average molecular weight is 331 g/mol. The van der Waals surface area contributed by atoms with Crippen LogP contribution in [-0.4, -0.2) is 65.6 Å². The van der Waals surface area contributed by atoms with Crippen LogP contribution in [0.1, 0.15) is 38.2 Å². The number of hydrogen-bond acceptors (Lipinski definition) is 4. The Bertz CT molecular complexity index is 531. The van der Waals surface area contributed by atoms with Crippen molar-refractivity contribution in [1.29, 1.82) is 0 Å². The quantitative estimate of drug-likeness (QED) is 0.848. The molecule has 1 saturated carbocycles. The van der Waals surface area contributed by atoms with E-state index in [9.17, 15) is 4.79 Å². The maximum absolute atomic E-state index is 12.7. The number of amides is 1. The van der Waals surface area contributed by atoms with Gasteiger partial charge in [0, 0.05) is 38.6 Å². The van der Waals surface area contributed by atoms with Gasteiger partial charge in [-0.3, -0.25) is 9.78 Å². The van der Waals surface area contributed by atoms with Crippen LogP contribution in [0.25, 0.3) is 0 Å². The van der Waals surface area contributed by atoms with Crippen molar-refractivity contribution < 1.29 is 9.53 Å².